The summed E-state index contributed by atoms with van der Waals surface area (Å²) in [7, 11) is 0. The van der Waals surface area contributed by atoms with Crippen molar-refractivity contribution in [2.75, 3.05) is 5.75 Å². The van der Waals surface area contributed by atoms with Crippen LogP contribution in [0.2, 0.25) is 0 Å². The van der Waals surface area contributed by atoms with Crippen molar-refractivity contribution < 1.29 is 4.79 Å². The third-order valence-electron chi connectivity index (χ3n) is 3.12. The van der Waals surface area contributed by atoms with Gasteiger partial charge in [-0.15, -0.1) is 10.2 Å². The van der Waals surface area contributed by atoms with Crippen molar-refractivity contribution >= 4 is 29.0 Å². The van der Waals surface area contributed by atoms with E-state index in [0.29, 0.717) is 17.7 Å². The summed E-state index contributed by atoms with van der Waals surface area (Å²) in [6.07, 6.45) is 4.89. The molecule has 94 valence electrons. The van der Waals surface area contributed by atoms with Crippen LogP contribution in [0.25, 0.3) is 0 Å². The van der Waals surface area contributed by atoms with E-state index in [1.807, 2.05) is 0 Å². The molecule has 1 aromatic heterocycles. The first-order chi connectivity index (χ1) is 8.25. The molecule has 1 N–H and O–H groups in total. The van der Waals surface area contributed by atoms with Crippen molar-refractivity contribution in [3.05, 3.63) is 5.51 Å². The molecular formula is C11H17N3OS2. The summed E-state index contributed by atoms with van der Waals surface area (Å²) in [5.41, 5.74) is 1.68. The van der Waals surface area contributed by atoms with E-state index in [0.717, 1.165) is 10.8 Å². The third kappa shape index (κ3) is 3.96. The zero-order valence-electron chi connectivity index (χ0n) is 9.89. The second kappa shape index (κ2) is 6.35. The third-order valence-corrected chi connectivity index (χ3v) is 4.98. The van der Waals surface area contributed by atoms with Gasteiger partial charge in [-0.2, -0.15) is 0 Å². The van der Waals surface area contributed by atoms with Crippen LogP contribution in [0.4, 0.5) is 0 Å². The second-order valence-corrected chi connectivity index (χ2v) is 6.48. The van der Waals surface area contributed by atoms with Crippen LogP contribution in [0.5, 0.6) is 0 Å². The molecule has 4 nitrogen and oxygen atoms in total. The summed E-state index contributed by atoms with van der Waals surface area (Å²) < 4.78 is 0.858. The van der Waals surface area contributed by atoms with Gasteiger partial charge in [-0.25, -0.2) is 0 Å². The summed E-state index contributed by atoms with van der Waals surface area (Å²) in [5.74, 6) is 1.17. The van der Waals surface area contributed by atoms with Crippen molar-refractivity contribution in [3.63, 3.8) is 0 Å². The molecule has 2 rings (SSSR count). The second-order valence-electron chi connectivity index (χ2n) is 4.43. The molecule has 1 heterocycles. The molecule has 1 fully saturated rings. The topological polar surface area (TPSA) is 54.9 Å². The summed E-state index contributed by atoms with van der Waals surface area (Å²) in [6, 6.07) is 0.367. The smallest absolute Gasteiger partial charge is 0.230 e. The lowest BCUT2D eigenvalue weighted by atomic mass is 9.86. The fourth-order valence-electron chi connectivity index (χ4n) is 2.13. The average Bonchev–Trinajstić information content (AvgIpc) is 2.82. The van der Waals surface area contributed by atoms with Crippen LogP contribution >= 0.6 is 23.1 Å². The molecule has 6 heteroatoms. The molecule has 0 bridgehead atoms. The van der Waals surface area contributed by atoms with Crippen molar-refractivity contribution in [3.8, 4) is 0 Å². The first-order valence-corrected chi connectivity index (χ1v) is 7.80. The van der Waals surface area contributed by atoms with Gasteiger partial charge >= 0.3 is 0 Å². The SMILES string of the molecule is C[C@H]1CCCC[C@@H]1NC(=O)CSc1nncs1. The number of nitrogens with one attached hydrogen (secondary N) is 1. The van der Waals surface area contributed by atoms with Gasteiger partial charge in [0.15, 0.2) is 4.34 Å². The molecular weight excluding hydrogens is 254 g/mol. The highest BCUT2D eigenvalue weighted by molar-refractivity contribution is 8.01. The number of thioether (sulfide) groups is 1. The number of carbonyl (C=O) groups excluding carboxylic acids is 1. The minimum absolute atomic E-state index is 0.115. The lowest BCUT2D eigenvalue weighted by Gasteiger charge is -2.29. The molecule has 0 aliphatic heterocycles. The van der Waals surface area contributed by atoms with Gasteiger partial charge in [0, 0.05) is 6.04 Å². The fraction of sp³-hybridized carbons (Fsp3) is 0.727. The fourth-order valence-corrected chi connectivity index (χ4v) is 3.43. The standard InChI is InChI=1S/C11H17N3OS2/c1-8-4-2-3-5-9(8)13-10(15)6-16-11-14-12-7-17-11/h7-9H,2-6H2,1H3,(H,13,15)/t8-,9-/m0/s1. The zero-order chi connectivity index (χ0) is 12.1. The number of hydrogen-bond donors (Lipinski definition) is 1. The van der Waals surface area contributed by atoms with Crippen LogP contribution in [0.15, 0.2) is 9.85 Å². The van der Waals surface area contributed by atoms with Crippen LogP contribution < -0.4 is 5.32 Å². The van der Waals surface area contributed by atoms with Crippen LogP contribution in [-0.2, 0) is 4.79 Å². The van der Waals surface area contributed by atoms with Crippen molar-refractivity contribution in [1.82, 2.24) is 15.5 Å². The molecule has 0 spiro atoms. The number of aromatic nitrogens is 2. The summed E-state index contributed by atoms with van der Waals surface area (Å²) in [4.78, 5) is 11.8. The number of carbonyl (C=O) groups is 1. The Kier molecular flexibility index (Phi) is 4.79. The molecule has 1 saturated carbocycles. The largest absolute Gasteiger partial charge is 0.352 e. The molecule has 1 aromatic rings. The predicted molar refractivity (Wildman–Crippen MR) is 70.2 cm³/mol. The van der Waals surface area contributed by atoms with Crippen LogP contribution in [-0.4, -0.2) is 27.9 Å². The Morgan fingerprint density at radius 1 is 1.59 bits per heavy atom. The van der Waals surface area contributed by atoms with Gasteiger partial charge in [-0.3, -0.25) is 4.79 Å². The minimum atomic E-state index is 0.115. The van der Waals surface area contributed by atoms with Crippen molar-refractivity contribution in [1.29, 1.82) is 0 Å². The Morgan fingerprint density at radius 2 is 2.41 bits per heavy atom. The Bertz CT molecular complexity index is 356. The van der Waals surface area contributed by atoms with Gasteiger partial charge in [0.25, 0.3) is 0 Å². The van der Waals surface area contributed by atoms with E-state index < -0.39 is 0 Å². The maximum atomic E-state index is 11.8. The monoisotopic (exact) mass is 271 g/mol. The Labute approximate surface area is 110 Å². The molecule has 0 saturated heterocycles. The normalized spacial score (nSPS) is 24.5. The zero-order valence-corrected chi connectivity index (χ0v) is 11.5. The summed E-state index contributed by atoms with van der Waals surface area (Å²) in [5, 5.41) is 10.8. The van der Waals surface area contributed by atoms with Gasteiger partial charge in [0.1, 0.15) is 5.51 Å². The minimum Gasteiger partial charge on any atom is -0.352 e. The molecule has 1 aliphatic carbocycles. The highest BCUT2D eigenvalue weighted by Crippen LogP contribution is 2.24. The van der Waals surface area contributed by atoms with Gasteiger partial charge in [0.2, 0.25) is 5.91 Å². The quantitative estimate of drug-likeness (QED) is 0.854. The Hall–Kier alpha value is -0.620. The van der Waals surface area contributed by atoms with Gasteiger partial charge < -0.3 is 5.32 Å². The summed E-state index contributed by atoms with van der Waals surface area (Å²) >= 11 is 2.93. The number of amides is 1. The van der Waals surface area contributed by atoms with Crippen LogP contribution in [0.1, 0.15) is 32.6 Å². The molecule has 0 radical (unpaired) electrons. The van der Waals surface area contributed by atoms with E-state index in [-0.39, 0.29) is 5.91 Å². The van der Waals surface area contributed by atoms with E-state index in [1.165, 1.54) is 42.4 Å². The van der Waals surface area contributed by atoms with E-state index in [2.05, 4.69) is 22.4 Å². The number of hydrogen-bond acceptors (Lipinski definition) is 5. The van der Waals surface area contributed by atoms with E-state index in [1.54, 1.807) is 5.51 Å². The first-order valence-electron chi connectivity index (χ1n) is 5.94. The highest BCUT2D eigenvalue weighted by Gasteiger charge is 2.22. The summed E-state index contributed by atoms with van der Waals surface area (Å²) in [6.45, 7) is 2.22. The highest BCUT2D eigenvalue weighted by atomic mass is 32.2. The predicted octanol–water partition coefficient (Wildman–Crippen LogP) is 2.33. The first kappa shape index (κ1) is 12.8. The van der Waals surface area contributed by atoms with E-state index in [4.69, 9.17) is 0 Å². The van der Waals surface area contributed by atoms with Gasteiger partial charge in [0.05, 0.1) is 5.75 Å². The average molecular weight is 271 g/mol. The molecule has 1 amide bonds. The maximum absolute atomic E-state index is 11.8. The lowest BCUT2D eigenvalue weighted by Crippen LogP contribution is -2.41. The number of rotatable bonds is 4. The molecule has 0 aromatic carbocycles. The molecule has 17 heavy (non-hydrogen) atoms. The number of nitrogens with zero attached hydrogens (tertiary/aromatic N) is 2. The molecule has 0 unspecified atom stereocenters. The van der Waals surface area contributed by atoms with E-state index >= 15 is 0 Å². The van der Waals surface area contributed by atoms with Gasteiger partial charge in [-0.05, 0) is 18.8 Å². The van der Waals surface area contributed by atoms with Crippen molar-refractivity contribution in [2.24, 2.45) is 5.92 Å². The maximum Gasteiger partial charge on any atom is 0.230 e. The Balaban J connectivity index is 1.73. The Morgan fingerprint density at radius 3 is 3.12 bits per heavy atom. The van der Waals surface area contributed by atoms with Crippen molar-refractivity contribution in [2.45, 2.75) is 43.0 Å². The molecule has 1 aliphatic rings. The van der Waals surface area contributed by atoms with Crippen LogP contribution in [0, 0.1) is 5.92 Å². The molecule has 2 atom stereocenters. The lowest BCUT2D eigenvalue weighted by molar-refractivity contribution is -0.119. The van der Waals surface area contributed by atoms with E-state index in [9.17, 15) is 4.79 Å². The van der Waals surface area contributed by atoms with Gasteiger partial charge in [-0.1, -0.05) is 42.9 Å². The van der Waals surface area contributed by atoms with Crippen LogP contribution in [0.3, 0.4) is 0 Å².